The maximum atomic E-state index is 12.3. The fourth-order valence-corrected chi connectivity index (χ4v) is 2.42. The van der Waals surface area contributed by atoms with Gasteiger partial charge in [0.15, 0.2) is 0 Å². The number of amides is 2. The third-order valence-corrected chi connectivity index (χ3v) is 4.16. The van der Waals surface area contributed by atoms with Gasteiger partial charge in [0.05, 0.1) is 0 Å². The Morgan fingerprint density at radius 3 is 1.92 bits per heavy atom. The lowest BCUT2D eigenvalue weighted by Gasteiger charge is -2.09. The summed E-state index contributed by atoms with van der Waals surface area (Å²) in [5, 5.41) is 5.81. The third kappa shape index (κ3) is 4.02. The van der Waals surface area contributed by atoms with Gasteiger partial charge < -0.3 is 10.6 Å². The molecule has 0 aliphatic heterocycles. The fraction of sp³-hybridized carbons (Fsp3) is 0.300. The zero-order valence-corrected chi connectivity index (χ0v) is 14.0. The highest BCUT2D eigenvalue weighted by Gasteiger charge is 2.23. The van der Waals surface area contributed by atoms with Gasteiger partial charge in [-0.1, -0.05) is 26.0 Å². The first kappa shape index (κ1) is 16.2. The summed E-state index contributed by atoms with van der Waals surface area (Å²) >= 11 is 0. The molecule has 1 aliphatic rings. The van der Waals surface area contributed by atoms with Gasteiger partial charge in [-0.3, -0.25) is 9.59 Å². The molecule has 0 radical (unpaired) electrons. The Kier molecular flexibility index (Phi) is 4.65. The van der Waals surface area contributed by atoms with Crippen LogP contribution >= 0.6 is 0 Å². The molecular weight excluding hydrogens is 300 g/mol. The largest absolute Gasteiger partial charge is 0.349 e. The Morgan fingerprint density at radius 1 is 0.875 bits per heavy atom. The van der Waals surface area contributed by atoms with E-state index in [-0.39, 0.29) is 11.8 Å². The number of hydrogen-bond acceptors (Lipinski definition) is 2. The summed E-state index contributed by atoms with van der Waals surface area (Å²) in [6.45, 7) is 4.27. The first-order valence-corrected chi connectivity index (χ1v) is 8.35. The lowest BCUT2D eigenvalue weighted by atomic mass is 10.0. The second-order valence-corrected chi connectivity index (χ2v) is 6.56. The van der Waals surface area contributed by atoms with Gasteiger partial charge in [-0.25, -0.2) is 0 Å². The lowest BCUT2D eigenvalue weighted by molar-refractivity contribution is 0.0949. The standard InChI is InChI=1S/C20H22N2O2/c1-13(2)14-7-9-17(10-8-14)21-19(23)15-3-5-16(6-4-15)20(24)22-18-11-12-18/h3-10,13,18H,11-12H2,1-2H3,(H,21,23)(H,22,24). The van der Waals surface area contributed by atoms with E-state index >= 15 is 0 Å². The molecule has 4 heteroatoms. The van der Waals surface area contributed by atoms with Gasteiger partial charge in [0.25, 0.3) is 11.8 Å². The molecule has 0 saturated heterocycles. The predicted octanol–water partition coefficient (Wildman–Crippen LogP) is 3.95. The minimum absolute atomic E-state index is 0.0752. The average molecular weight is 322 g/mol. The molecule has 2 N–H and O–H groups in total. The van der Waals surface area contributed by atoms with Crippen molar-refractivity contribution in [2.45, 2.75) is 38.6 Å². The highest BCUT2D eigenvalue weighted by atomic mass is 16.2. The summed E-state index contributed by atoms with van der Waals surface area (Å²) in [5.41, 5.74) is 3.12. The fourth-order valence-electron chi connectivity index (χ4n) is 2.42. The molecule has 1 aliphatic carbocycles. The Morgan fingerprint density at radius 2 is 1.42 bits per heavy atom. The SMILES string of the molecule is CC(C)c1ccc(NC(=O)c2ccc(C(=O)NC3CC3)cc2)cc1. The first-order chi connectivity index (χ1) is 11.5. The van der Waals surface area contributed by atoms with Crippen molar-refractivity contribution in [1.29, 1.82) is 0 Å². The topological polar surface area (TPSA) is 58.2 Å². The first-order valence-electron chi connectivity index (χ1n) is 8.35. The van der Waals surface area contributed by atoms with Crippen molar-refractivity contribution in [1.82, 2.24) is 5.32 Å². The molecule has 2 aromatic carbocycles. The molecule has 24 heavy (non-hydrogen) atoms. The smallest absolute Gasteiger partial charge is 0.255 e. The van der Waals surface area contributed by atoms with Crippen LogP contribution in [0.2, 0.25) is 0 Å². The molecular formula is C20H22N2O2. The number of carbonyl (C=O) groups is 2. The molecule has 0 unspecified atom stereocenters. The molecule has 4 nitrogen and oxygen atoms in total. The van der Waals surface area contributed by atoms with Gasteiger partial charge in [-0.05, 0) is 60.7 Å². The zero-order valence-electron chi connectivity index (χ0n) is 14.0. The van der Waals surface area contributed by atoms with Crippen LogP contribution in [0.15, 0.2) is 48.5 Å². The van der Waals surface area contributed by atoms with Gasteiger partial charge in [0.2, 0.25) is 0 Å². The normalized spacial score (nSPS) is 13.6. The molecule has 0 atom stereocenters. The number of benzene rings is 2. The van der Waals surface area contributed by atoms with E-state index in [0.717, 1.165) is 18.5 Å². The van der Waals surface area contributed by atoms with E-state index in [1.54, 1.807) is 24.3 Å². The van der Waals surface area contributed by atoms with Crippen molar-refractivity contribution in [2.24, 2.45) is 0 Å². The molecule has 0 heterocycles. The second-order valence-electron chi connectivity index (χ2n) is 6.56. The zero-order chi connectivity index (χ0) is 17.1. The summed E-state index contributed by atoms with van der Waals surface area (Å²) in [6.07, 6.45) is 2.11. The molecule has 124 valence electrons. The maximum absolute atomic E-state index is 12.3. The molecule has 3 rings (SSSR count). The molecule has 1 fully saturated rings. The predicted molar refractivity (Wildman–Crippen MR) is 95.4 cm³/mol. The monoisotopic (exact) mass is 322 g/mol. The van der Waals surface area contributed by atoms with Gasteiger partial charge in [-0.15, -0.1) is 0 Å². The molecule has 0 bridgehead atoms. The Balaban J connectivity index is 1.62. The number of hydrogen-bond donors (Lipinski definition) is 2. The number of anilines is 1. The van der Waals surface area contributed by atoms with E-state index in [1.807, 2.05) is 24.3 Å². The van der Waals surface area contributed by atoms with Crippen LogP contribution in [0.3, 0.4) is 0 Å². The van der Waals surface area contributed by atoms with Crippen molar-refractivity contribution in [2.75, 3.05) is 5.32 Å². The Labute approximate surface area is 142 Å². The van der Waals surface area contributed by atoms with E-state index in [1.165, 1.54) is 5.56 Å². The van der Waals surface area contributed by atoms with Gasteiger partial charge in [0, 0.05) is 22.9 Å². The van der Waals surface area contributed by atoms with E-state index in [4.69, 9.17) is 0 Å². The van der Waals surface area contributed by atoms with Crippen molar-refractivity contribution < 1.29 is 9.59 Å². The maximum Gasteiger partial charge on any atom is 0.255 e. The van der Waals surface area contributed by atoms with Crippen LogP contribution in [-0.4, -0.2) is 17.9 Å². The molecule has 1 saturated carbocycles. The minimum atomic E-state index is -0.179. The Bertz CT molecular complexity index is 729. The van der Waals surface area contributed by atoms with E-state index < -0.39 is 0 Å². The van der Waals surface area contributed by atoms with Gasteiger partial charge >= 0.3 is 0 Å². The molecule has 0 aromatic heterocycles. The number of carbonyl (C=O) groups excluding carboxylic acids is 2. The van der Waals surface area contributed by atoms with Crippen LogP contribution in [0.5, 0.6) is 0 Å². The van der Waals surface area contributed by atoms with Crippen LogP contribution in [0, 0.1) is 0 Å². The minimum Gasteiger partial charge on any atom is -0.349 e. The second kappa shape index (κ2) is 6.87. The summed E-state index contributed by atoms with van der Waals surface area (Å²) in [5.74, 6) is 0.208. The van der Waals surface area contributed by atoms with Crippen LogP contribution in [0.25, 0.3) is 0 Å². The lowest BCUT2D eigenvalue weighted by Crippen LogP contribution is -2.25. The van der Waals surface area contributed by atoms with Crippen LogP contribution in [-0.2, 0) is 0 Å². The van der Waals surface area contributed by atoms with Crippen LogP contribution < -0.4 is 10.6 Å². The quantitative estimate of drug-likeness (QED) is 0.875. The van der Waals surface area contributed by atoms with Gasteiger partial charge in [-0.2, -0.15) is 0 Å². The van der Waals surface area contributed by atoms with E-state index in [2.05, 4.69) is 24.5 Å². The third-order valence-electron chi connectivity index (χ3n) is 4.16. The van der Waals surface area contributed by atoms with E-state index in [0.29, 0.717) is 23.1 Å². The molecule has 2 aromatic rings. The van der Waals surface area contributed by atoms with Crippen molar-refractivity contribution in [3.63, 3.8) is 0 Å². The van der Waals surface area contributed by atoms with Crippen LogP contribution in [0.1, 0.15) is 58.9 Å². The van der Waals surface area contributed by atoms with Crippen molar-refractivity contribution in [3.8, 4) is 0 Å². The Hall–Kier alpha value is -2.62. The summed E-state index contributed by atoms with van der Waals surface area (Å²) < 4.78 is 0. The average Bonchev–Trinajstić information content (AvgIpc) is 3.39. The molecule has 2 amide bonds. The highest BCUT2D eigenvalue weighted by Crippen LogP contribution is 2.20. The number of nitrogens with one attached hydrogen (secondary N) is 2. The highest BCUT2D eigenvalue weighted by molar-refractivity contribution is 6.05. The number of rotatable bonds is 5. The summed E-state index contributed by atoms with van der Waals surface area (Å²) in [4.78, 5) is 24.2. The van der Waals surface area contributed by atoms with Crippen LogP contribution in [0.4, 0.5) is 5.69 Å². The summed E-state index contributed by atoms with van der Waals surface area (Å²) in [7, 11) is 0. The van der Waals surface area contributed by atoms with Gasteiger partial charge in [0.1, 0.15) is 0 Å². The van der Waals surface area contributed by atoms with Crippen molar-refractivity contribution >= 4 is 17.5 Å². The van der Waals surface area contributed by atoms with E-state index in [9.17, 15) is 9.59 Å². The molecule has 0 spiro atoms. The summed E-state index contributed by atoms with van der Waals surface area (Å²) in [6, 6.07) is 14.9. The van der Waals surface area contributed by atoms with Crippen molar-refractivity contribution in [3.05, 3.63) is 65.2 Å².